The third-order valence-corrected chi connectivity index (χ3v) is 3.35. The zero-order valence-corrected chi connectivity index (χ0v) is 12.9. The van der Waals surface area contributed by atoms with E-state index < -0.39 is 0 Å². The van der Waals surface area contributed by atoms with Crippen molar-refractivity contribution in [2.75, 3.05) is 5.32 Å². The number of aryl methyl sites for hydroxylation is 1. The first-order valence-corrected chi connectivity index (χ1v) is 7.41. The standard InChI is InChI=1S/C17H14N6O/c1-12-9-15(23-17(21-12)19-11-20-23)22-13-5-4-6-14(10-13)24-16-7-2-3-8-18-16/h2-11,22H,1H3. The molecule has 4 rings (SSSR count). The number of fused-ring (bicyclic) bond motifs is 1. The first-order chi connectivity index (χ1) is 11.8. The number of hydrogen-bond donors (Lipinski definition) is 1. The van der Waals surface area contributed by atoms with Crippen LogP contribution in [-0.2, 0) is 0 Å². The monoisotopic (exact) mass is 318 g/mol. The minimum Gasteiger partial charge on any atom is -0.439 e. The molecule has 7 nitrogen and oxygen atoms in total. The zero-order chi connectivity index (χ0) is 16.4. The quantitative estimate of drug-likeness (QED) is 0.621. The molecule has 0 aliphatic heterocycles. The summed E-state index contributed by atoms with van der Waals surface area (Å²) in [4.78, 5) is 12.6. The largest absolute Gasteiger partial charge is 0.439 e. The topological polar surface area (TPSA) is 77.2 Å². The van der Waals surface area contributed by atoms with Crippen LogP contribution in [0.15, 0.2) is 61.1 Å². The lowest BCUT2D eigenvalue weighted by molar-refractivity contribution is 0.463. The summed E-state index contributed by atoms with van der Waals surface area (Å²) in [6.45, 7) is 1.92. The SMILES string of the molecule is Cc1cc(Nc2cccc(Oc3ccccn3)c2)n2ncnc2n1. The van der Waals surface area contributed by atoms with Gasteiger partial charge in [-0.1, -0.05) is 12.1 Å². The smallest absolute Gasteiger partial charge is 0.254 e. The summed E-state index contributed by atoms with van der Waals surface area (Å²) in [7, 11) is 0. The normalized spacial score (nSPS) is 10.7. The van der Waals surface area contributed by atoms with Gasteiger partial charge in [0.2, 0.25) is 5.88 Å². The maximum atomic E-state index is 5.75. The van der Waals surface area contributed by atoms with E-state index in [1.54, 1.807) is 10.7 Å². The molecule has 0 spiro atoms. The minimum absolute atomic E-state index is 0.549. The van der Waals surface area contributed by atoms with Gasteiger partial charge in [-0.05, 0) is 25.1 Å². The third-order valence-electron chi connectivity index (χ3n) is 3.35. The average Bonchev–Trinajstić information content (AvgIpc) is 3.04. The Hall–Kier alpha value is -3.48. The van der Waals surface area contributed by atoms with E-state index in [1.165, 1.54) is 6.33 Å². The molecule has 3 heterocycles. The Balaban J connectivity index is 1.63. The molecule has 7 heteroatoms. The van der Waals surface area contributed by atoms with E-state index in [4.69, 9.17) is 4.74 Å². The molecule has 0 saturated carbocycles. The van der Waals surface area contributed by atoms with Crippen LogP contribution >= 0.6 is 0 Å². The summed E-state index contributed by atoms with van der Waals surface area (Å²) < 4.78 is 7.41. The van der Waals surface area contributed by atoms with E-state index in [1.807, 2.05) is 55.5 Å². The van der Waals surface area contributed by atoms with Gasteiger partial charge in [0.05, 0.1) is 0 Å². The van der Waals surface area contributed by atoms with Crippen molar-refractivity contribution in [3.05, 3.63) is 66.7 Å². The van der Waals surface area contributed by atoms with Crippen LogP contribution in [0, 0.1) is 6.92 Å². The molecule has 1 aromatic carbocycles. The lowest BCUT2D eigenvalue weighted by atomic mass is 10.3. The van der Waals surface area contributed by atoms with Crippen LogP contribution in [0.25, 0.3) is 5.78 Å². The fourth-order valence-corrected chi connectivity index (χ4v) is 2.33. The van der Waals surface area contributed by atoms with Gasteiger partial charge in [-0.25, -0.2) is 9.97 Å². The lowest BCUT2D eigenvalue weighted by Gasteiger charge is -2.10. The van der Waals surface area contributed by atoms with Crippen LogP contribution in [0.2, 0.25) is 0 Å². The van der Waals surface area contributed by atoms with Gasteiger partial charge in [-0.2, -0.15) is 14.6 Å². The first kappa shape index (κ1) is 14.1. The minimum atomic E-state index is 0.549. The number of rotatable bonds is 4. The van der Waals surface area contributed by atoms with E-state index >= 15 is 0 Å². The van der Waals surface area contributed by atoms with Gasteiger partial charge in [0.15, 0.2) is 0 Å². The molecule has 0 aliphatic carbocycles. The van der Waals surface area contributed by atoms with Gasteiger partial charge in [-0.3, -0.25) is 0 Å². The molecule has 0 fully saturated rings. The van der Waals surface area contributed by atoms with Crippen molar-refractivity contribution in [1.82, 2.24) is 24.6 Å². The van der Waals surface area contributed by atoms with Gasteiger partial charge in [-0.15, -0.1) is 0 Å². The second kappa shape index (κ2) is 5.96. The second-order valence-electron chi connectivity index (χ2n) is 5.18. The van der Waals surface area contributed by atoms with Gasteiger partial charge in [0, 0.05) is 35.8 Å². The highest BCUT2D eigenvalue weighted by atomic mass is 16.5. The summed E-state index contributed by atoms with van der Waals surface area (Å²) >= 11 is 0. The van der Waals surface area contributed by atoms with Crippen molar-refractivity contribution in [2.24, 2.45) is 0 Å². The molecule has 3 aromatic heterocycles. The van der Waals surface area contributed by atoms with E-state index in [0.29, 0.717) is 17.4 Å². The van der Waals surface area contributed by atoms with Gasteiger partial charge in [0.1, 0.15) is 17.9 Å². The molecule has 0 amide bonds. The summed E-state index contributed by atoms with van der Waals surface area (Å²) in [5.74, 6) is 2.58. The van der Waals surface area contributed by atoms with Gasteiger partial charge >= 0.3 is 0 Å². The molecule has 0 radical (unpaired) electrons. The number of benzene rings is 1. The van der Waals surface area contributed by atoms with Gasteiger partial charge < -0.3 is 10.1 Å². The predicted octanol–water partition coefficient (Wildman–Crippen LogP) is 3.36. The van der Waals surface area contributed by atoms with Crippen molar-refractivity contribution < 1.29 is 4.74 Å². The zero-order valence-electron chi connectivity index (χ0n) is 12.9. The van der Waals surface area contributed by atoms with E-state index in [0.717, 1.165) is 17.2 Å². The van der Waals surface area contributed by atoms with E-state index in [9.17, 15) is 0 Å². The van der Waals surface area contributed by atoms with Crippen LogP contribution < -0.4 is 10.1 Å². The van der Waals surface area contributed by atoms with Gasteiger partial charge in [0.25, 0.3) is 5.78 Å². The van der Waals surface area contributed by atoms with Crippen LogP contribution in [-0.4, -0.2) is 24.6 Å². The van der Waals surface area contributed by atoms with Crippen molar-refractivity contribution in [3.63, 3.8) is 0 Å². The maximum absolute atomic E-state index is 5.75. The predicted molar refractivity (Wildman–Crippen MR) is 89.6 cm³/mol. The number of anilines is 2. The molecule has 0 bridgehead atoms. The molecule has 24 heavy (non-hydrogen) atoms. The van der Waals surface area contributed by atoms with Crippen molar-refractivity contribution >= 4 is 17.3 Å². The molecule has 1 N–H and O–H groups in total. The Labute approximate surface area is 138 Å². The van der Waals surface area contributed by atoms with Crippen LogP contribution in [0.3, 0.4) is 0 Å². The highest BCUT2D eigenvalue weighted by Crippen LogP contribution is 2.25. The van der Waals surface area contributed by atoms with E-state index in [2.05, 4.69) is 25.4 Å². The number of aromatic nitrogens is 5. The van der Waals surface area contributed by atoms with Crippen LogP contribution in [0.5, 0.6) is 11.6 Å². The Morgan fingerprint density at radius 1 is 1.04 bits per heavy atom. The fourth-order valence-electron chi connectivity index (χ4n) is 2.33. The second-order valence-corrected chi connectivity index (χ2v) is 5.18. The molecule has 118 valence electrons. The number of nitrogens with zero attached hydrogens (tertiary/aromatic N) is 5. The molecule has 0 saturated heterocycles. The summed E-state index contributed by atoms with van der Waals surface area (Å²) in [6.07, 6.45) is 3.17. The number of nitrogens with one attached hydrogen (secondary N) is 1. The molecular formula is C17H14N6O. The molecule has 0 unspecified atom stereocenters. The summed E-state index contributed by atoms with van der Waals surface area (Å²) in [6, 6.07) is 15.1. The van der Waals surface area contributed by atoms with Crippen molar-refractivity contribution in [2.45, 2.75) is 6.92 Å². The van der Waals surface area contributed by atoms with Crippen molar-refractivity contribution in [3.8, 4) is 11.6 Å². The fraction of sp³-hybridized carbons (Fsp3) is 0.0588. The van der Waals surface area contributed by atoms with Crippen molar-refractivity contribution in [1.29, 1.82) is 0 Å². The molecule has 0 aliphatic rings. The molecule has 4 aromatic rings. The Kier molecular flexibility index (Phi) is 3.51. The molecule has 0 atom stereocenters. The average molecular weight is 318 g/mol. The van der Waals surface area contributed by atoms with Crippen LogP contribution in [0.1, 0.15) is 5.69 Å². The molecular weight excluding hydrogens is 304 g/mol. The van der Waals surface area contributed by atoms with Crippen LogP contribution in [0.4, 0.5) is 11.5 Å². The highest BCUT2D eigenvalue weighted by Gasteiger charge is 2.07. The Morgan fingerprint density at radius 2 is 2.00 bits per heavy atom. The Morgan fingerprint density at radius 3 is 2.88 bits per heavy atom. The summed E-state index contributed by atoms with van der Waals surface area (Å²) in [5.41, 5.74) is 1.73. The highest BCUT2D eigenvalue weighted by molar-refractivity contribution is 5.60. The maximum Gasteiger partial charge on any atom is 0.254 e. The number of ether oxygens (including phenoxy) is 1. The number of hydrogen-bond acceptors (Lipinski definition) is 6. The summed E-state index contributed by atoms with van der Waals surface area (Å²) in [5, 5.41) is 7.51. The lowest BCUT2D eigenvalue weighted by Crippen LogP contribution is -2.02. The van der Waals surface area contributed by atoms with E-state index in [-0.39, 0.29) is 0 Å². The number of pyridine rings is 1. The first-order valence-electron chi connectivity index (χ1n) is 7.41. The Bertz CT molecular complexity index is 983. The third kappa shape index (κ3) is 2.87.